The molecule has 0 heterocycles. The van der Waals surface area contributed by atoms with Crippen molar-refractivity contribution in [2.24, 2.45) is 5.92 Å². The lowest BCUT2D eigenvalue weighted by Gasteiger charge is -2.18. The molecule has 0 aromatic heterocycles. The molecule has 0 bridgehead atoms. The molecular formula is C16H26FNO2. The van der Waals surface area contributed by atoms with E-state index >= 15 is 0 Å². The third-order valence-corrected chi connectivity index (χ3v) is 2.95. The SMILES string of the molecule is CC(C)COCC(O)CNC(C)Cc1ccccc1F. The number of aliphatic hydroxyl groups excluding tert-OH is 1. The van der Waals surface area contributed by atoms with Gasteiger partial charge in [0.2, 0.25) is 0 Å². The second kappa shape index (κ2) is 9.06. The molecule has 1 aromatic carbocycles. The van der Waals surface area contributed by atoms with E-state index in [0.717, 1.165) is 0 Å². The summed E-state index contributed by atoms with van der Waals surface area (Å²) in [5.41, 5.74) is 0.693. The number of hydrogen-bond donors (Lipinski definition) is 2. The third kappa shape index (κ3) is 6.98. The maximum Gasteiger partial charge on any atom is 0.126 e. The molecule has 2 atom stereocenters. The number of aliphatic hydroxyl groups is 1. The Morgan fingerprint density at radius 3 is 2.55 bits per heavy atom. The molecule has 1 aromatic rings. The molecule has 4 heteroatoms. The van der Waals surface area contributed by atoms with Crippen LogP contribution >= 0.6 is 0 Å². The molecule has 0 saturated heterocycles. The van der Waals surface area contributed by atoms with Gasteiger partial charge in [0.1, 0.15) is 5.82 Å². The zero-order chi connectivity index (χ0) is 15.0. The molecule has 114 valence electrons. The van der Waals surface area contributed by atoms with E-state index in [-0.39, 0.29) is 11.9 Å². The quantitative estimate of drug-likeness (QED) is 0.731. The minimum Gasteiger partial charge on any atom is -0.389 e. The topological polar surface area (TPSA) is 41.5 Å². The predicted molar refractivity (Wildman–Crippen MR) is 79.2 cm³/mol. The van der Waals surface area contributed by atoms with Crippen LogP contribution in [0.1, 0.15) is 26.3 Å². The maximum absolute atomic E-state index is 13.5. The van der Waals surface area contributed by atoms with Crippen LogP contribution in [0, 0.1) is 11.7 Å². The fraction of sp³-hybridized carbons (Fsp3) is 0.625. The number of nitrogens with one attached hydrogen (secondary N) is 1. The summed E-state index contributed by atoms with van der Waals surface area (Å²) in [5, 5.41) is 13.0. The highest BCUT2D eigenvalue weighted by molar-refractivity contribution is 5.18. The van der Waals surface area contributed by atoms with Gasteiger partial charge in [-0.3, -0.25) is 0 Å². The molecule has 3 nitrogen and oxygen atoms in total. The second-order valence-electron chi connectivity index (χ2n) is 5.69. The van der Waals surface area contributed by atoms with Crippen LogP contribution in [0.2, 0.25) is 0 Å². The van der Waals surface area contributed by atoms with Gasteiger partial charge in [0.25, 0.3) is 0 Å². The van der Waals surface area contributed by atoms with Crippen LogP contribution in [0.25, 0.3) is 0 Å². The zero-order valence-corrected chi connectivity index (χ0v) is 12.6. The lowest BCUT2D eigenvalue weighted by atomic mass is 10.1. The summed E-state index contributed by atoms with van der Waals surface area (Å²) >= 11 is 0. The number of rotatable bonds is 9. The van der Waals surface area contributed by atoms with Crippen LogP contribution in [-0.2, 0) is 11.2 Å². The maximum atomic E-state index is 13.5. The van der Waals surface area contributed by atoms with E-state index < -0.39 is 6.10 Å². The summed E-state index contributed by atoms with van der Waals surface area (Å²) in [6.45, 7) is 7.56. The molecule has 20 heavy (non-hydrogen) atoms. The van der Waals surface area contributed by atoms with Crippen molar-refractivity contribution in [2.75, 3.05) is 19.8 Å². The highest BCUT2D eigenvalue weighted by atomic mass is 19.1. The zero-order valence-electron chi connectivity index (χ0n) is 12.6. The van der Waals surface area contributed by atoms with Crippen LogP contribution in [0.4, 0.5) is 4.39 Å². The first-order valence-corrected chi connectivity index (χ1v) is 7.21. The van der Waals surface area contributed by atoms with E-state index in [1.165, 1.54) is 6.07 Å². The van der Waals surface area contributed by atoms with Gasteiger partial charge in [0.05, 0.1) is 12.7 Å². The van der Waals surface area contributed by atoms with Gasteiger partial charge in [-0.25, -0.2) is 4.39 Å². The molecule has 0 aliphatic carbocycles. The normalized spacial score (nSPS) is 14.5. The van der Waals surface area contributed by atoms with Crippen molar-refractivity contribution in [1.82, 2.24) is 5.32 Å². The second-order valence-corrected chi connectivity index (χ2v) is 5.69. The minimum atomic E-state index is -0.531. The Balaban J connectivity index is 2.22. The van der Waals surface area contributed by atoms with Gasteiger partial charge in [-0.15, -0.1) is 0 Å². The van der Waals surface area contributed by atoms with Crippen LogP contribution in [-0.4, -0.2) is 37.0 Å². The van der Waals surface area contributed by atoms with Crippen LogP contribution < -0.4 is 5.32 Å². The lowest BCUT2D eigenvalue weighted by molar-refractivity contribution is 0.0252. The van der Waals surface area contributed by atoms with Crippen molar-refractivity contribution in [3.63, 3.8) is 0 Å². The van der Waals surface area contributed by atoms with E-state index in [1.807, 2.05) is 13.0 Å². The largest absolute Gasteiger partial charge is 0.389 e. The Morgan fingerprint density at radius 1 is 1.20 bits per heavy atom. The first-order chi connectivity index (χ1) is 9.49. The number of halogens is 1. The summed E-state index contributed by atoms with van der Waals surface area (Å²) in [6.07, 6.45) is 0.0727. The predicted octanol–water partition coefficient (Wildman–Crippen LogP) is 2.38. The Hall–Kier alpha value is -0.970. The summed E-state index contributed by atoms with van der Waals surface area (Å²) in [4.78, 5) is 0. The first kappa shape index (κ1) is 17.1. The summed E-state index contributed by atoms with van der Waals surface area (Å²) in [7, 11) is 0. The first-order valence-electron chi connectivity index (χ1n) is 7.21. The molecule has 0 spiro atoms. The molecule has 0 fully saturated rings. The van der Waals surface area contributed by atoms with Gasteiger partial charge in [-0.05, 0) is 30.9 Å². The highest BCUT2D eigenvalue weighted by Gasteiger charge is 2.10. The molecule has 0 aliphatic rings. The molecule has 0 amide bonds. The molecular weight excluding hydrogens is 257 g/mol. The monoisotopic (exact) mass is 283 g/mol. The molecule has 0 saturated carbocycles. The summed E-state index contributed by atoms with van der Waals surface area (Å²) in [6, 6.07) is 6.88. The average molecular weight is 283 g/mol. The lowest BCUT2D eigenvalue weighted by Crippen LogP contribution is -2.37. The van der Waals surface area contributed by atoms with E-state index in [9.17, 15) is 9.50 Å². The molecule has 1 rings (SSSR count). The Bertz CT molecular complexity index is 384. The van der Waals surface area contributed by atoms with Crippen LogP contribution in [0.15, 0.2) is 24.3 Å². The summed E-state index contributed by atoms with van der Waals surface area (Å²) < 4.78 is 18.9. The van der Waals surface area contributed by atoms with E-state index in [4.69, 9.17) is 4.74 Å². The fourth-order valence-corrected chi connectivity index (χ4v) is 1.90. The fourth-order valence-electron chi connectivity index (χ4n) is 1.90. The van der Waals surface area contributed by atoms with Crippen molar-refractivity contribution in [3.8, 4) is 0 Å². The average Bonchev–Trinajstić information content (AvgIpc) is 2.39. The van der Waals surface area contributed by atoms with Gasteiger partial charge in [0.15, 0.2) is 0 Å². The van der Waals surface area contributed by atoms with E-state index in [0.29, 0.717) is 37.7 Å². The van der Waals surface area contributed by atoms with Gasteiger partial charge in [0, 0.05) is 19.2 Å². The number of benzene rings is 1. The standard InChI is InChI=1S/C16H26FNO2/c1-12(2)10-20-11-15(19)9-18-13(3)8-14-6-4-5-7-16(14)17/h4-7,12-13,15,18-19H,8-11H2,1-3H3. The molecule has 0 radical (unpaired) electrons. The van der Waals surface area contributed by atoms with Gasteiger partial charge in [-0.1, -0.05) is 32.0 Å². The summed E-state index contributed by atoms with van der Waals surface area (Å²) in [5.74, 6) is 0.289. The number of hydrogen-bond acceptors (Lipinski definition) is 3. The van der Waals surface area contributed by atoms with E-state index in [2.05, 4.69) is 19.2 Å². The third-order valence-electron chi connectivity index (χ3n) is 2.95. The molecule has 0 aliphatic heterocycles. The van der Waals surface area contributed by atoms with Crippen molar-refractivity contribution < 1.29 is 14.2 Å². The van der Waals surface area contributed by atoms with Crippen molar-refractivity contribution in [1.29, 1.82) is 0 Å². The van der Waals surface area contributed by atoms with Gasteiger partial charge in [-0.2, -0.15) is 0 Å². The van der Waals surface area contributed by atoms with E-state index in [1.54, 1.807) is 12.1 Å². The Morgan fingerprint density at radius 2 is 1.90 bits per heavy atom. The van der Waals surface area contributed by atoms with Crippen molar-refractivity contribution in [3.05, 3.63) is 35.6 Å². The Labute approximate surface area is 121 Å². The number of ether oxygens (including phenoxy) is 1. The van der Waals surface area contributed by atoms with Crippen molar-refractivity contribution >= 4 is 0 Å². The Kier molecular flexibility index (Phi) is 7.73. The smallest absolute Gasteiger partial charge is 0.126 e. The van der Waals surface area contributed by atoms with Crippen LogP contribution in [0.3, 0.4) is 0 Å². The van der Waals surface area contributed by atoms with Gasteiger partial charge < -0.3 is 15.2 Å². The minimum absolute atomic E-state index is 0.103. The highest BCUT2D eigenvalue weighted by Crippen LogP contribution is 2.08. The van der Waals surface area contributed by atoms with Crippen LogP contribution in [0.5, 0.6) is 0 Å². The van der Waals surface area contributed by atoms with Gasteiger partial charge >= 0.3 is 0 Å². The van der Waals surface area contributed by atoms with Crippen molar-refractivity contribution in [2.45, 2.75) is 39.3 Å². The molecule has 2 N–H and O–H groups in total. The molecule has 2 unspecified atom stereocenters.